The van der Waals surface area contributed by atoms with Crippen molar-refractivity contribution >= 4 is 22.0 Å². The summed E-state index contributed by atoms with van der Waals surface area (Å²) in [6, 6.07) is 25.1. The zero-order valence-corrected chi connectivity index (χ0v) is 22.7. The van der Waals surface area contributed by atoms with Gasteiger partial charge in [-0.3, -0.25) is 0 Å². The lowest BCUT2D eigenvalue weighted by molar-refractivity contribution is 0.110. The second-order valence-electron chi connectivity index (χ2n) is 10.0. The van der Waals surface area contributed by atoms with Crippen LogP contribution in [0.1, 0.15) is 42.9 Å². The third-order valence-corrected chi connectivity index (χ3v) is 7.60. The van der Waals surface area contributed by atoms with E-state index in [1.807, 2.05) is 24.3 Å². The van der Waals surface area contributed by atoms with Gasteiger partial charge in [-0.2, -0.15) is 0 Å². The number of aliphatic hydroxyl groups excluding tert-OH is 1. The minimum Gasteiger partial charge on any atom is -0.497 e. The average molecular weight is 511 g/mol. The van der Waals surface area contributed by atoms with Crippen LogP contribution in [-0.4, -0.2) is 54.5 Å². The van der Waals surface area contributed by atoms with Gasteiger partial charge in [-0.05, 0) is 85.0 Å². The van der Waals surface area contributed by atoms with E-state index in [9.17, 15) is 5.11 Å². The average Bonchev–Trinajstić information content (AvgIpc) is 3.60. The second-order valence-corrected chi connectivity index (χ2v) is 10.0. The van der Waals surface area contributed by atoms with E-state index in [1.54, 1.807) is 14.2 Å². The Labute approximate surface area is 225 Å². The first-order chi connectivity index (χ1) is 18.6. The van der Waals surface area contributed by atoms with Crippen LogP contribution in [0.25, 0.3) is 22.0 Å². The smallest absolute Gasteiger partial charge is 0.118 e. The third-order valence-electron chi connectivity index (χ3n) is 7.60. The molecule has 1 aliphatic rings. The Kier molecular flexibility index (Phi) is 8.16. The fourth-order valence-corrected chi connectivity index (χ4v) is 5.72. The summed E-state index contributed by atoms with van der Waals surface area (Å²) < 4.78 is 13.1. The molecule has 5 heteroatoms. The van der Waals surface area contributed by atoms with Crippen molar-refractivity contribution in [1.29, 1.82) is 0 Å². The fourth-order valence-electron chi connectivity index (χ4n) is 5.72. The number of aromatic nitrogens is 1. The molecular weight excluding hydrogens is 472 g/mol. The van der Waals surface area contributed by atoms with Gasteiger partial charge in [0.25, 0.3) is 0 Å². The highest BCUT2D eigenvalue weighted by Crippen LogP contribution is 2.39. The Morgan fingerprint density at radius 2 is 1.39 bits per heavy atom. The van der Waals surface area contributed by atoms with Crippen molar-refractivity contribution in [3.63, 3.8) is 0 Å². The van der Waals surface area contributed by atoms with E-state index in [1.165, 1.54) is 34.9 Å². The van der Waals surface area contributed by atoms with Crippen LogP contribution in [0.4, 0.5) is 0 Å². The van der Waals surface area contributed by atoms with E-state index in [-0.39, 0.29) is 0 Å². The lowest BCUT2D eigenvalue weighted by atomic mass is 9.88. The summed E-state index contributed by atoms with van der Waals surface area (Å²) in [5, 5.41) is 12.2. The van der Waals surface area contributed by atoms with Gasteiger partial charge in [0.1, 0.15) is 11.5 Å². The molecule has 0 unspecified atom stereocenters. The van der Waals surface area contributed by atoms with E-state index >= 15 is 0 Å². The summed E-state index contributed by atoms with van der Waals surface area (Å²) in [6.45, 7) is 5.70. The predicted octanol–water partition coefficient (Wildman–Crippen LogP) is 6.48. The first kappa shape index (κ1) is 26.1. The van der Waals surface area contributed by atoms with Crippen molar-refractivity contribution in [2.75, 3.05) is 33.9 Å². The molecule has 198 valence electrons. The number of fused-ring (bicyclic) bond motifs is 1. The maximum Gasteiger partial charge on any atom is 0.118 e. The van der Waals surface area contributed by atoms with Gasteiger partial charge in [0.15, 0.2) is 0 Å². The third kappa shape index (κ3) is 5.50. The molecule has 0 bridgehead atoms. The van der Waals surface area contributed by atoms with Gasteiger partial charge in [-0.1, -0.05) is 49.4 Å². The van der Waals surface area contributed by atoms with Crippen LogP contribution in [0.2, 0.25) is 0 Å². The Hall–Kier alpha value is -3.54. The van der Waals surface area contributed by atoms with E-state index in [4.69, 9.17) is 9.47 Å². The maximum absolute atomic E-state index is 11.0. The van der Waals surface area contributed by atoms with Crippen molar-refractivity contribution < 1.29 is 14.6 Å². The van der Waals surface area contributed by atoms with Crippen LogP contribution < -0.4 is 9.47 Å². The van der Waals surface area contributed by atoms with Gasteiger partial charge in [-0.15, -0.1) is 0 Å². The summed E-state index contributed by atoms with van der Waals surface area (Å²) >= 11 is 0. The molecule has 0 spiro atoms. The predicted molar refractivity (Wildman–Crippen MR) is 156 cm³/mol. The molecule has 0 saturated carbocycles. The highest BCUT2D eigenvalue weighted by atomic mass is 16.5. The molecule has 38 heavy (non-hydrogen) atoms. The van der Waals surface area contributed by atoms with Gasteiger partial charge < -0.3 is 24.0 Å². The number of methoxy groups -OCH3 is 2. The van der Waals surface area contributed by atoms with Gasteiger partial charge >= 0.3 is 0 Å². The summed E-state index contributed by atoms with van der Waals surface area (Å²) in [4.78, 5) is 2.38. The Balaban J connectivity index is 1.63. The molecule has 0 aliphatic carbocycles. The number of hydrogen-bond acceptors (Lipinski definition) is 4. The molecule has 1 aromatic heterocycles. The quantitative estimate of drug-likeness (QED) is 0.265. The number of para-hydroxylation sites is 1. The first-order valence-corrected chi connectivity index (χ1v) is 13.6. The Morgan fingerprint density at radius 1 is 0.816 bits per heavy atom. The first-order valence-electron chi connectivity index (χ1n) is 13.6. The van der Waals surface area contributed by atoms with Crippen LogP contribution in [-0.2, 0) is 6.54 Å². The SMILES string of the molecule is CCC(=C(c1ccc(OC)cc1)c1ccc(OC)cc1)c1cn(C[C@@H](O)CN2CCCC2)c2ccccc12. The topological polar surface area (TPSA) is 46.9 Å². The number of rotatable bonds is 10. The van der Waals surface area contributed by atoms with Gasteiger partial charge in [0.2, 0.25) is 0 Å². The molecule has 1 atom stereocenters. The molecule has 0 radical (unpaired) electrons. The molecule has 1 saturated heterocycles. The summed E-state index contributed by atoms with van der Waals surface area (Å²) in [6.07, 6.45) is 5.15. The van der Waals surface area contributed by atoms with E-state index < -0.39 is 6.10 Å². The van der Waals surface area contributed by atoms with Crippen LogP contribution in [0.15, 0.2) is 79.0 Å². The van der Waals surface area contributed by atoms with Crippen LogP contribution in [0.5, 0.6) is 11.5 Å². The number of nitrogens with zero attached hydrogens (tertiary/aromatic N) is 2. The molecule has 1 N–H and O–H groups in total. The molecule has 2 heterocycles. The lowest BCUT2D eigenvalue weighted by Crippen LogP contribution is -2.32. The zero-order chi connectivity index (χ0) is 26.5. The number of allylic oxidation sites excluding steroid dienone is 1. The van der Waals surface area contributed by atoms with E-state index in [0.29, 0.717) is 6.54 Å². The van der Waals surface area contributed by atoms with Gasteiger partial charge in [0, 0.05) is 35.8 Å². The molecule has 0 amide bonds. The molecule has 4 aromatic rings. The highest BCUT2D eigenvalue weighted by Gasteiger charge is 2.20. The molecular formula is C33H38N2O3. The Morgan fingerprint density at radius 3 is 1.95 bits per heavy atom. The summed E-state index contributed by atoms with van der Waals surface area (Å²) in [5.74, 6) is 1.67. The number of β-amino-alcohol motifs (C(OH)–C–C–N with tert-alkyl or cyclic N) is 1. The van der Waals surface area contributed by atoms with Gasteiger partial charge in [-0.25, -0.2) is 0 Å². The monoisotopic (exact) mass is 510 g/mol. The molecule has 3 aromatic carbocycles. The van der Waals surface area contributed by atoms with Crippen LogP contribution in [0, 0.1) is 0 Å². The highest BCUT2D eigenvalue weighted by molar-refractivity contribution is 6.05. The minimum atomic E-state index is -0.409. The van der Waals surface area contributed by atoms with E-state index in [2.05, 4.69) is 71.1 Å². The number of likely N-dealkylation sites (tertiary alicyclic amines) is 1. The molecule has 5 nitrogen and oxygen atoms in total. The normalized spacial score (nSPS) is 14.5. The van der Waals surface area contributed by atoms with Crippen molar-refractivity contribution in [1.82, 2.24) is 9.47 Å². The molecule has 1 aliphatic heterocycles. The van der Waals surface area contributed by atoms with Crippen LogP contribution in [0.3, 0.4) is 0 Å². The van der Waals surface area contributed by atoms with Crippen LogP contribution >= 0.6 is 0 Å². The van der Waals surface area contributed by atoms with E-state index in [0.717, 1.165) is 54.2 Å². The van der Waals surface area contributed by atoms with Crippen molar-refractivity contribution in [3.8, 4) is 11.5 Å². The Bertz CT molecular complexity index is 1330. The molecule has 1 fully saturated rings. The molecule has 5 rings (SSSR count). The van der Waals surface area contributed by atoms with Crippen molar-refractivity contribution in [2.24, 2.45) is 0 Å². The maximum atomic E-state index is 11.0. The number of benzene rings is 3. The standard InChI is InChI=1S/C33H38N2O3/c1-4-29(33(24-11-15-27(37-2)16-12-24)25-13-17-28(38-3)18-14-25)31-23-35(32-10-6-5-9-30(31)32)22-26(36)21-34-19-7-8-20-34/h5-6,9-18,23,26,36H,4,7-8,19-22H2,1-3H3/t26-/m0/s1. The van der Waals surface area contributed by atoms with Gasteiger partial charge in [0.05, 0.1) is 20.3 Å². The minimum absolute atomic E-state index is 0.409. The van der Waals surface area contributed by atoms with Crippen molar-refractivity contribution in [3.05, 3.63) is 95.7 Å². The second kappa shape index (κ2) is 11.9. The number of aliphatic hydroxyl groups is 1. The van der Waals surface area contributed by atoms with Crippen molar-refractivity contribution in [2.45, 2.75) is 38.8 Å². The number of hydrogen-bond donors (Lipinski definition) is 1. The largest absolute Gasteiger partial charge is 0.497 e. The summed E-state index contributed by atoms with van der Waals surface area (Å²) in [7, 11) is 3.39. The zero-order valence-electron chi connectivity index (χ0n) is 22.7. The fraction of sp³-hybridized carbons (Fsp3) is 0.333. The number of ether oxygens (including phenoxy) is 2. The summed E-state index contributed by atoms with van der Waals surface area (Å²) in [5.41, 5.74) is 7.09. The lowest BCUT2D eigenvalue weighted by Gasteiger charge is -2.20.